The van der Waals surface area contributed by atoms with Crippen molar-refractivity contribution in [3.63, 3.8) is 0 Å². The average molecular weight is 462 g/mol. The Kier molecular flexibility index (Phi) is 5.27. The molecule has 2 unspecified atom stereocenters. The third kappa shape index (κ3) is 2.93. The van der Waals surface area contributed by atoms with Gasteiger partial charge in [-0.15, -0.1) is 0 Å². The first-order chi connectivity index (χ1) is 16.5. The number of carbonyl (C=O) groups is 1. The average Bonchev–Trinajstić information content (AvgIpc) is 3.05. The van der Waals surface area contributed by atoms with Gasteiger partial charge in [-0.1, -0.05) is 0 Å². The Morgan fingerprint density at radius 2 is 0.971 bits per heavy atom. The van der Waals surface area contributed by atoms with E-state index in [0.29, 0.717) is 40.1 Å². The summed E-state index contributed by atoms with van der Waals surface area (Å²) in [7, 11) is 9.58. The Bertz CT molecular complexity index is 1310. The molecule has 3 aliphatic carbocycles. The topological polar surface area (TPSA) is 72.5 Å². The van der Waals surface area contributed by atoms with Crippen molar-refractivity contribution in [2.75, 3.05) is 42.7 Å². The van der Waals surface area contributed by atoms with Crippen LogP contribution in [0.2, 0.25) is 0 Å². The zero-order valence-corrected chi connectivity index (χ0v) is 20.0. The number of ether oxygens (including phenoxy) is 6. The van der Waals surface area contributed by atoms with E-state index in [2.05, 4.69) is 0 Å². The molecule has 0 saturated carbocycles. The van der Waals surface area contributed by atoms with Gasteiger partial charge in [0.25, 0.3) is 0 Å². The van der Waals surface area contributed by atoms with Crippen LogP contribution in [0.15, 0.2) is 36.4 Å². The van der Waals surface area contributed by atoms with E-state index in [1.54, 1.807) is 48.7 Å². The van der Waals surface area contributed by atoms with Crippen LogP contribution in [0, 0.1) is 0 Å². The summed E-state index contributed by atoms with van der Waals surface area (Å²) in [5, 5.41) is 0. The highest BCUT2D eigenvalue weighted by atomic mass is 16.5. The van der Waals surface area contributed by atoms with Crippen LogP contribution >= 0.6 is 0 Å². The predicted molar refractivity (Wildman–Crippen MR) is 126 cm³/mol. The summed E-state index contributed by atoms with van der Waals surface area (Å²) in [6.07, 6.45) is 0. The maximum Gasteiger partial charge on any atom is 0.175 e. The Hall–Kier alpha value is -3.87. The van der Waals surface area contributed by atoms with Crippen LogP contribution in [-0.4, -0.2) is 48.4 Å². The van der Waals surface area contributed by atoms with Crippen molar-refractivity contribution in [3.05, 3.63) is 69.8 Å². The maximum absolute atomic E-state index is 14.2. The molecular weight excluding hydrogens is 436 g/mol. The Morgan fingerprint density at radius 1 is 0.500 bits per heavy atom. The second-order valence-electron chi connectivity index (χ2n) is 8.19. The number of benzene rings is 3. The first kappa shape index (κ1) is 21.9. The van der Waals surface area contributed by atoms with Crippen LogP contribution in [0.1, 0.15) is 50.0 Å². The van der Waals surface area contributed by atoms with E-state index in [4.69, 9.17) is 28.4 Å². The molecule has 3 aliphatic rings. The molecule has 7 nitrogen and oxygen atoms in total. The summed E-state index contributed by atoms with van der Waals surface area (Å²) < 4.78 is 33.9. The molecule has 0 spiro atoms. The van der Waals surface area contributed by atoms with E-state index < -0.39 is 5.92 Å². The van der Waals surface area contributed by atoms with Crippen molar-refractivity contribution in [3.8, 4) is 34.5 Å². The first-order valence-corrected chi connectivity index (χ1v) is 10.8. The second kappa shape index (κ2) is 8.17. The zero-order chi connectivity index (χ0) is 24.1. The van der Waals surface area contributed by atoms with E-state index in [9.17, 15) is 4.79 Å². The predicted octanol–water partition coefficient (Wildman–Crippen LogP) is 4.56. The largest absolute Gasteiger partial charge is 0.497 e. The molecule has 2 bridgehead atoms. The van der Waals surface area contributed by atoms with E-state index >= 15 is 0 Å². The third-order valence-corrected chi connectivity index (χ3v) is 6.80. The van der Waals surface area contributed by atoms with Gasteiger partial charge >= 0.3 is 0 Å². The molecule has 0 saturated heterocycles. The minimum absolute atomic E-state index is 0.0581. The zero-order valence-electron chi connectivity index (χ0n) is 20.0. The molecule has 3 aromatic rings. The fraction of sp³-hybridized carbons (Fsp3) is 0.296. The van der Waals surface area contributed by atoms with Gasteiger partial charge in [0.05, 0.1) is 48.6 Å². The molecule has 0 aromatic heterocycles. The molecule has 176 valence electrons. The fourth-order valence-corrected chi connectivity index (χ4v) is 5.32. The molecule has 0 aliphatic heterocycles. The third-order valence-electron chi connectivity index (χ3n) is 6.80. The van der Waals surface area contributed by atoms with Gasteiger partial charge < -0.3 is 28.4 Å². The van der Waals surface area contributed by atoms with Gasteiger partial charge in [-0.3, -0.25) is 4.79 Å². The molecule has 2 atom stereocenters. The summed E-state index contributed by atoms with van der Waals surface area (Å²) in [6.45, 7) is 0. The Morgan fingerprint density at radius 3 is 1.47 bits per heavy atom. The molecule has 3 aromatic carbocycles. The van der Waals surface area contributed by atoms with Crippen LogP contribution < -0.4 is 28.4 Å². The maximum atomic E-state index is 14.2. The lowest BCUT2D eigenvalue weighted by Gasteiger charge is -2.33. The van der Waals surface area contributed by atoms with Gasteiger partial charge in [-0.25, -0.2) is 0 Å². The van der Waals surface area contributed by atoms with Crippen molar-refractivity contribution in [1.29, 1.82) is 0 Å². The number of hydrogen-bond donors (Lipinski definition) is 0. The quantitative estimate of drug-likeness (QED) is 0.532. The van der Waals surface area contributed by atoms with Gasteiger partial charge in [0.2, 0.25) is 0 Å². The van der Waals surface area contributed by atoms with Gasteiger partial charge in [-0.05, 0) is 41.0 Å². The Balaban J connectivity index is 1.96. The van der Waals surface area contributed by atoms with E-state index in [1.807, 2.05) is 30.3 Å². The SMILES string of the molecule is COc1cc(OC)c2c(c1)C1C(=O)c3cc(OC)c(OC)cc3C2c2cc(OC)cc(OC)c21. The van der Waals surface area contributed by atoms with Gasteiger partial charge in [0.15, 0.2) is 17.3 Å². The second-order valence-corrected chi connectivity index (χ2v) is 8.19. The minimum atomic E-state index is -0.620. The fourth-order valence-electron chi connectivity index (χ4n) is 5.32. The lowest BCUT2D eigenvalue weighted by molar-refractivity contribution is 0.0972. The van der Waals surface area contributed by atoms with Crippen LogP contribution in [0.25, 0.3) is 0 Å². The van der Waals surface area contributed by atoms with Gasteiger partial charge in [0.1, 0.15) is 23.0 Å². The number of rotatable bonds is 6. The van der Waals surface area contributed by atoms with E-state index in [1.165, 1.54) is 0 Å². The number of hydrogen-bond acceptors (Lipinski definition) is 7. The van der Waals surface area contributed by atoms with Crippen molar-refractivity contribution in [2.24, 2.45) is 0 Å². The molecule has 0 radical (unpaired) electrons. The standard InChI is InChI=1S/C27H26O7/c1-29-13-7-17-23-15-11-19(31-3)20(32-4)12-16(15)27(28)26(25(17)22(10-13)34-6)18-8-14(30-2)9-21(33-5)24(18)23/h7-12,23,26H,1-6H3. The van der Waals surface area contributed by atoms with Crippen molar-refractivity contribution in [2.45, 2.75) is 11.8 Å². The van der Waals surface area contributed by atoms with E-state index in [-0.39, 0.29) is 11.7 Å². The molecule has 7 heteroatoms. The van der Waals surface area contributed by atoms with Crippen LogP contribution in [-0.2, 0) is 0 Å². The summed E-state index contributed by atoms with van der Waals surface area (Å²) in [4.78, 5) is 14.2. The highest BCUT2D eigenvalue weighted by molar-refractivity contribution is 6.08. The first-order valence-electron chi connectivity index (χ1n) is 10.8. The molecule has 0 N–H and O–H groups in total. The molecule has 0 fully saturated rings. The highest BCUT2D eigenvalue weighted by Gasteiger charge is 2.47. The lowest BCUT2D eigenvalue weighted by atomic mass is 9.71. The summed E-state index contributed by atoms with van der Waals surface area (Å²) >= 11 is 0. The number of Topliss-reactive ketones (excluding diaryl/α,β-unsaturated/α-hetero) is 1. The monoisotopic (exact) mass is 462 g/mol. The smallest absolute Gasteiger partial charge is 0.175 e. The molecule has 0 heterocycles. The van der Waals surface area contributed by atoms with Crippen LogP contribution in [0.3, 0.4) is 0 Å². The lowest BCUT2D eigenvalue weighted by Crippen LogP contribution is -2.21. The van der Waals surface area contributed by atoms with Gasteiger partial charge in [-0.2, -0.15) is 0 Å². The molecule has 34 heavy (non-hydrogen) atoms. The molecular formula is C27H26O7. The highest BCUT2D eigenvalue weighted by Crippen LogP contribution is 2.58. The van der Waals surface area contributed by atoms with E-state index in [0.717, 1.165) is 27.8 Å². The van der Waals surface area contributed by atoms with Crippen LogP contribution in [0.4, 0.5) is 0 Å². The van der Waals surface area contributed by atoms with Crippen molar-refractivity contribution >= 4 is 5.78 Å². The minimum Gasteiger partial charge on any atom is -0.497 e. The Labute approximate surface area is 198 Å². The molecule has 0 amide bonds. The summed E-state index contributed by atoms with van der Waals surface area (Å²) in [5.74, 6) is 2.54. The number of ketones is 1. The summed E-state index contributed by atoms with van der Waals surface area (Å²) in [6, 6.07) is 11.2. The van der Waals surface area contributed by atoms with Crippen molar-refractivity contribution in [1.82, 2.24) is 0 Å². The van der Waals surface area contributed by atoms with Crippen molar-refractivity contribution < 1.29 is 33.2 Å². The normalized spacial score (nSPS) is 17.2. The summed E-state index contributed by atoms with van der Waals surface area (Å²) in [5.41, 5.74) is 4.87. The van der Waals surface area contributed by atoms with Crippen LogP contribution in [0.5, 0.6) is 34.5 Å². The number of carbonyl (C=O) groups excluding carboxylic acids is 1. The molecule has 6 rings (SSSR count). The number of methoxy groups -OCH3 is 6. The van der Waals surface area contributed by atoms with Gasteiger partial charge in [0, 0.05) is 34.7 Å².